The van der Waals surface area contributed by atoms with Crippen molar-refractivity contribution in [3.63, 3.8) is 0 Å². The van der Waals surface area contributed by atoms with E-state index in [1.807, 2.05) is 19.1 Å². The van der Waals surface area contributed by atoms with Gasteiger partial charge in [0.2, 0.25) is 0 Å². The highest BCUT2D eigenvalue weighted by Crippen LogP contribution is 2.18. The smallest absolute Gasteiger partial charge is 0.254 e. The molecule has 0 unspecified atom stereocenters. The maximum atomic E-state index is 13.0. The molecule has 0 amide bonds. The number of halogens is 1. The van der Waals surface area contributed by atoms with Crippen LogP contribution in [0.4, 0.5) is 10.2 Å². The second-order valence-corrected chi connectivity index (χ2v) is 6.12. The van der Waals surface area contributed by atoms with E-state index < -0.39 is 0 Å². The van der Waals surface area contributed by atoms with Crippen molar-refractivity contribution in [2.75, 3.05) is 31.1 Å². The molecule has 124 valence electrons. The Morgan fingerprint density at radius 1 is 1.08 bits per heavy atom. The van der Waals surface area contributed by atoms with Gasteiger partial charge in [-0.2, -0.15) is 14.6 Å². The van der Waals surface area contributed by atoms with Crippen LogP contribution in [0.3, 0.4) is 0 Å². The molecule has 1 fully saturated rings. The van der Waals surface area contributed by atoms with Gasteiger partial charge in [0.05, 0.1) is 0 Å². The molecule has 0 spiro atoms. The van der Waals surface area contributed by atoms with Crippen molar-refractivity contribution in [1.82, 2.24) is 24.5 Å². The van der Waals surface area contributed by atoms with Crippen LogP contribution < -0.4 is 4.90 Å². The van der Waals surface area contributed by atoms with Crippen LogP contribution in [0.15, 0.2) is 36.7 Å². The lowest BCUT2D eigenvalue weighted by molar-refractivity contribution is 0.249. The molecule has 0 aliphatic carbocycles. The zero-order valence-electron chi connectivity index (χ0n) is 13.6. The van der Waals surface area contributed by atoms with Crippen molar-refractivity contribution in [2.45, 2.75) is 13.5 Å². The summed E-state index contributed by atoms with van der Waals surface area (Å²) in [7, 11) is 0. The van der Waals surface area contributed by atoms with Gasteiger partial charge in [-0.25, -0.2) is 9.37 Å². The third-order valence-corrected chi connectivity index (χ3v) is 4.38. The zero-order valence-corrected chi connectivity index (χ0v) is 13.6. The van der Waals surface area contributed by atoms with E-state index in [1.54, 1.807) is 4.52 Å². The fourth-order valence-corrected chi connectivity index (χ4v) is 3.12. The van der Waals surface area contributed by atoms with E-state index in [-0.39, 0.29) is 5.82 Å². The Morgan fingerprint density at radius 3 is 2.58 bits per heavy atom. The topological polar surface area (TPSA) is 49.6 Å². The lowest BCUT2D eigenvalue weighted by Crippen LogP contribution is -2.46. The summed E-state index contributed by atoms with van der Waals surface area (Å²) >= 11 is 0. The van der Waals surface area contributed by atoms with Crippen molar-refractivity contribution in [2.24, 2.45) is 0 Å². The first kappa shape index (κ1) is 15.0. The van der Waals surface area contributed by atoms with Crippen LogP contribution in [0.1, 0.15) is 11.3 Å². The predicted molar refractivity (Wildman–Crippen MR) is 89.4 cm³/mol. The first-order valence-electron chi connectivity index (χ1n) is 8.08. The Morgan fingerprint density at radius 2 is 1.83 bits per heavy atom. The van der Waals surface area contributed by atoms with Crippen LogP contribution >= 0.6 is 0 Å². The number of fused-ring (bicyclic) bond motifs is 1. The molecule has 0 bridgehead atoms. The molecule has 6 nitrogen and oxygen atoms in total. The zero-order chi connectivity index (χ0) is 16.5. The second kappa shape index (κ2) is 6.16. The third kappa shape index (κ3) is 2.94. The first-order valence-corrected chi connectivity index (χ1v) is 8.08. The van der Waals surface area contributed by atoms with Gasteiger partial charge in [-0.3, -0.25) is 4.90 Å². The van der Waals surface area contributed by atoms with Gasteiger partial charge in [0.1, 0.15) is 18.0 Å². The van der Waals surface area contributed by atoms with Crippen LogP contribution in [0, 0.1) is 12.7 Å². The van der Waals surface area contributed by atoms with Gasteiger partial charge in [-0.05, 0) is 24.6 Å². The summed E-state index contributed by atoms with van der Waals surface area (Å²) in [5.41, 5.74) is 2.09. The summed E-state index contributed by atoms with van der Waals surface area (Å²) in [6.07, 6.45) is 1.54. The number of piperazine rings is 1. The van der Waals surface area contributed by atoms with Gasteiger partial charge < -0.3 is 4.90 Å². The Hall–Kier alpha value is -2.54. The lowest BCUT2D eigenvalue weighted by atomic mass is 10.2. The van der Waals surface area contributed by atoms with E-state index >= 15 is 0 Å². The molecule has 7 heteroatoms. The number of nitrogens with zero attached hydrogens (tertiary/aromatic N) is 6. The van der Waals surface area contributed by atoms with Gasteiger partial charge in [0.25, 0.3) is 5.78 Å². The van der Waals surface area contributed by atoms with Crippen LogP contribution in [0.2, 0.25) is 0 Å². The molecule has 2 aromatic heterocycles. The summed E-state index contributed by atoms with van der Waals surface area (Å²) < 4.78 is 14.8. The largest absolute Gasteiger partial charge is 0.354 e. The monoisotopic (exact) mass is 326 g/mol. The maximum absolute atomic E-state index is 13.0. The molecule has 0 saturated carbocycles. The molecule has 3 aromatic rings. The Labute approximate surface area is 139 Å². The van der Waals surface area contributed by atoms with E-state index in [2.05, 4.69) is 30.9 Å². The average molecular weight is 326 g/mol. The number of aromatic nitrogens is 4. The average Bonchev–Trinajstić information content (AvgIpc) is 3.05. The quantitative estimate of drug-likeness (QED) is 0.736. The van der Waals surface area contributed by atoms with Crippen molar-refractivity contribution in [3.8, 4) is 0 Å². The van der Waals surface area contributed by atoms with Gasteiger partial charge in [-0.15, -0.1) is 0 Å². The van der Waals surface area contributed by atoms with E-state index in [9.17, 15) is 4.39 Å². The fraction of sp³-hybridized carbons (Fsp3) is 0.353. The molecule has 24 heavy (non-hydrogen) atoms. The number of rotatable bonds is 3. The number of hydrogen-bond donors (Lipinski definition) is 0. The lowest BCUT2D eigenvalue weighted by Gasteiger charge is -2.36. The molecule has 1 aliphatic rings. The minimum absolute atomic E-state index is 0.187. The Kier molecular flexibility index (Phi) is 3.86. The van der Waals surface area contributed by atoms with Gasteiger partial charge in [0, 0.05) is 44.5 Å². The molecular formula is C17H19FN6. The minimum atomic E-state index is -0.187. The Balaban J connectivity index is 1.45. The predicted octanol–water partition coefficient (Wildman–Crippen LogP) is 1.89. The Bertz CT molecular complexity index is 836. The highest BCUT2D eigenvalue weighted by Gasteiger charge is 2.20. The summed E-state index contributed by atoms with van der Waals surface area (Å²) in [5.74, 6) is 1.49. The van der Waals surface area contributed by atoms with Crippen molar-refractivity contribution < 1.29 is 4.39 Å². The molecule has 0 atom stereocenters. The van der Waals surface area contributed by atoms with E-state index in [0.717, 1.165) is 49.8 Å². The third-order valence-electron chi connectivity index (χ3n) is 4.38. The second-order valence-electron chi connectivity index (χ2n) is 6.12. The molecule has 1 saturated heterocycles. The molecule has 0 N–H and O–H groups in total. The summed E-state index contributed by atoms with van der Waals surface area (Å²) in [4.78, 5) is 13.3. The minimum Gasteiger partial charge on any atom is -0.354 e. The van der Waals surface area contributed by atoms with Gasteiger partial charge in [-0.1, -0.05) is 12.1 Å². The molecule has 0 radical (unpaired) electrons. The number of benzene rings is 1. The van der Waals surface area contributed by atoms with Crippen molar-refractivity contribution in [3.05, 3.63) is 53.7 Å². The molecule has 4 rings (SSSR count). The van der Waals surface area contributed by atoms with Gasteiger partial charge >= 0.3 is 0 Å². The fourth-order valence-electron chi connectivity index (χ4n) is 3.12. The van der Waals surface area contributed by atoms with E-state index in [0.29, 0.717) is 5.78 Å². The standard InChI is InChI=1S/C17H19FN6/c1-13-10-16(24-17(21-13)19-12-20-24)23-8-6-22(7-9-23)11-14-2-4-15(18)5-3-14/h2-5,10,12H,6-9,11H2,1H3. The number of hydrogen-bond acceptors (Lipinski definition) is 5. The van der Waals surface area contributed by atoms with Crippen LogP contribution in [0.25, 0.3) is 5.78 Å². The molecule has 1 aromatic carbocycles. The SMILES string of the molecule is Cc1cc(N2CCN(Cc3ccc(F)cc3)CC2)n2ncnc2n1. The highest BCUT2D eigenvalue weighted by molar-refractivity contribution is 5.47. The normalized spacial score (nSPS) is 16.0. The van der Waals surface area contributed by atoms with Crippen LogP contribution in [0.5, 0.6) is 0 Å². The van der Waals surface area contributed by atoms with E-state index in [4.69, 9.17) is 0 Å². The summed E-state index contributed by atoms with van der Waals surface area (Å²) in [5, 5.41) is 4.28. The highest BCUT2D eigenvalue weighted by atomic mass is 19.1. The molecule has 1 aliphatic heterocycles. The van der Waals surface area contributed by atoms with Crippen molar-refractivity contribution in [1.29, 1.82) is 0 Å². The number of aryl methyl sites for hydroxylation is 1. The van der Waals surface area contributed by atoms with Crippen molar-refractivity contribution >= 4 is 11.6 Å². The van der Waals surface area contributed by atoms with Crippen LogP contribution in [-0.4, -0.2) is 50.7 Å². The summed E-state index contributed by atoms with van der Waals surface area (Å²) in [6, 6.07) is 8.80. The first-order chi connectivity index (χ1) is 11.7. The van der Waals surface area contributed by atoms with E-state index in [1.165, 1.54) is 18.5 Å². The summed E-state index contributed by atoms with van der Waals surface area (Å²) in [6.45, 7) is 6.56. The number of anilines is 1. The molecular weight excluding hydrogens is 307 g/mol. The maximum Gasteiger partial charge on any atom is 0.254 e. The van der Waals surface area contributed by atoms with Crippen LogP contribution in [-0.2, 0) is 6.54 Å². The molecule has 3 heterocycles. The van der Waals surface area contributed by atoms with Gasteiger partial charge in [0.15, 0.2) is 0 Å².